The van der Waals surface area contributed by atoms with Crippen LogP contribution in [0.5, 0.6) is 5.75 Å². The fraction of sp³-hybridized carbons (Fsp3) is 0.500. The molecule has 4 heteroatoms. The maximum Gasteiger partial charge on any atom is 0.345 e. The van der Waals surface area contributed by atoms with Crippen molar-refractivity contribution in [1.29, 1.82) is 0 Å². The first kappa shape index (κ1) is 16.6. The average Bonchev–Trinajstić information content (AvgIpc) is 2.80. The van der Waals surface area contributed by atoms with E-state index in [0.29, 0.717) is 36.7 Å². The molecular formula is C18H24O4. The number of esters is 1. The van der Waals surface area contributed by atoms with E-state index in [2.05, 4.69) is 13.8 Å². The van der Waals surface area contributed by atoms with Crippen molar-refractivity contribution in [3.05, 3.63) is 41.7 Å². The predicted molar refractivity (Wildman–Crippen MR) is 84.5 cm³/mol. The highest BCUT2D eigenvalue weighted by molar-refractivity contribution is 5.91. The van der Waals surface area contributed by atoms with E-state index in [0.717, 1.165) is 0 Å². The van der Waals surface area contributed by atoms with Gasteiger partial charge in [-0.25, -0.2) is 4.79 Å². The molecule has 0 bridgehead atoms. The summed E-state index contributed by atoms with van der Waals surface area (Å²) in [5.41, 5.74) is 0.510. The van der Waals surface area contributed by atoms with Crippen LogP contribution in [0.25, 0.3) is 0 Å². The molecule has 0 spiro atoms. The van der Waals surface area contributed by atoms with E-state index >= 15 is 0 Å². The van der Waals surface area contributed by atoms with E-state index in [1.165, 1.54) is 0 Å². The van der Waals surface area contributed by atoms with Gasteiger partial charge in [0.1, 0.15) is 17.1 Å². The molecule has 0 aliphatic carbocycles. The number of hydrogen-bond acceptors (Lipinski definition) is 4. The average molecular weight is 304 g/mol. The van der Waals surface area contributed by atoms with Gasteiger partial charge in [0.25, 0.3) is 0 Å². The highest BCUT2D eigenvalue weighted by Gasteiger charge is 2.35. The molecule has 0 N–H and O–H groups in total. The van der Waals surface area contributed by atoms with Gasteiger partial charge in [0, 0.05) is 18.4 Å². The second-order valence-corrected chi connectivity index (χ2v) is 6.27. The molecule has 4 nitrogen and oxygen atoms in total. The van der Waals surface area contributed by atoms with Crippen LogP contribution in [0.2, 0.25) is 0 Å². The minimum absolute atomic E-state index is 0.0273. The van der Waals surface area contributed by atoms with Gasteiger partial charge in [-0.1, -0.05) is 32.0 Å². The first-order valence-corrected chi connectivity index (χ1v) is 7.67. The predicted octanol–water partition coefficient (Wildman–Crippen LogP) is 3.72. The van der Waals surface area contributed by atoms with Gasteiger partial charge in [0.2, 0.25) is 0 Å². The molecule has 1 fully saturated rings. The normalized spacial score (nSPS) is 20.2. The van der Waals surface area contributed by atoms with Gasteiger partial charge in [-0.2, -0.15) is 0 Å². The third kappa shape index (κ3) is 4.10. The van der Waals surface area contributed by atoms with E-state index in [4.69, 9.17) is 14.2 Å². The van der Waals surface area contributed by atoms with Crippen LogP contribution in [-0.2, 0) is 14.3 Å². The van der Waals surface area contributed by atoms with Gasteiger partial charge in [-0.05, 0) is 26.0 Å². The van der Waals surface area contributed by atoms with Crippen LogP contribution in [0.4, 0.5) is 0 Å². The monoisotopic (exact) mass is 304 g/mol. The Balaban J connectivity index is 2.25. The summed E-state index contributed by atoms with van der Waals surface area (Å²) < 4.78 is 16.8. The number of para-hydroxylation sites is 1. The van der Waals surface area contributed by atoms with Gasteiger partial charge >= 0.3 is 5.97 Å². The molecule has 120 valence electrons. The summed E-state index contributed by atoms with van der Waals surface area (Å²) in [6.45, 7) is 9.12. The molecular weight excluding hydrogens is 280 g/mol. The summed E-state index contributed by atoms with van der Waals surface area (Å²) in [7, 11) is 0. The van der Waals surface area contributed by atoms with E-state index in [1.807, 2.05) is 32.0 Å². The summed E-state index contributed by atoms with van der Waals surface area (Å²) in [6.07, 6.45) is 0.356. The van der Waals surface area contributed by atoms with Crippen molar-refractivity contribution < 1.29 is 19.0 Å². The van der Waals surface area contributed by atoms with Crippen molar-refractivity contribution in [2.45, 2.75) is 40.2 Å². The number of hydrogen-bond donors (Lipinski definition) is 0. The van der Waals surface area contributed by atoms with Crippen LogP contribution < -0.4 is 4.74 Å². The minimum Gasteiger partial charge on any atom is -0.497 e. The summed E-state index contributed by atoms with van der Waals surface area (Å²) in [5, 5.41) is 0. The van der Waals surface area contributed by atoms with Crippen LogP contribution in [0.3, 0.4) is 0 Å². The molecule has 1 unspecified atom stereocenters. The summed E-state index contributed by atoms with van der Waals surface area (Å²) >= 11 is 0. The molecule has 0 radical (unpaired) electrons. The van der Waals surface area contributed by atoms with E-state index in [9.17, 15) is 4.79 Å². The Labute approximate surface area is 132 Å². The van der Waals surface area contributed by atoms with Gasteiger partial charge in [-0.3, -0.25) is 0 Å². The molecule has 22 heavy (non-hydrogen) atoms. The highest BCUT2D eigenvalue weighted by atomic mass is 16.5. The molecule has 1 aromatic rings. The standard InChI is InChI=1S/C18H24O4/c1-5-20-13(2)16(15-11-18(3,4)12-21-15)17(19)22-14-9-7-6-8-10-14/h6-10,13H,5,11-12H2,1-4H3/b16-15+. The summed E-state index contributed by atoms with van der Waals surface area (Å²) in [4.78, 5) is 12.6. The second-order valence-electron chi connectivity index (χ2n) is 6.27. The summed E-state index contributed by atoms with van der Waals surface area (Å²) in [5.74, 6) is 0.804. The Kier molecular flexibility index (Phi) is 5.24. The Morgan fingerprint density at radius 2 is 2.00 bits per heavy atom. The third-order valence-electron chi connectivity index (χ3n) is 3.57. The van der Waals surface area contributed by atoms with Crippen LogP contribution in [0.15, 0.2) is 41.7 Å². The first-order valence-electron chi connectivity index (χ1n) is 7.67. The number of benzene rings is 1. The van der Waals surface area contributed by atoms with Gasteiger partial charge in [-0.15, -0.1) is 0 Å². The number of carbonyl (C=O) groups is 1. The maximum absolute atomic E-state index is 12.6. The third-order valence-corrected chi connectivity index (χ3v) is 3.57. The second kappa shape index (κ2) is 6.97. The first-order chi connectivity index (χ1) is 10.4. The molecule has 1 aromatic carbocycles. The Hall–Kier alpha value is -1.81. The van der Waals surface area contributed by atoms with Crippen LogP contribution in [-0.4, -0.2) is 25.3 Å². The molecule has 1 aliphatic heterocycles. The van der Waals surface area contributed by atoms with Crippen molar-refractivity contribution in [2.24, 2.45) is 5.41 Å². The zero-order valence-corrected chi connectivity index (χ0v) is 13.7. The lowest BCUT2D eigenvalue weighted by Crippen LogP contribution is -2.24. The van der Waals surface area contributed by atoms with E-state index in [1.54, 1.807) is 12.1 Å². The Morgan fingerprint density at radius 3 is 2.55 bits per heavy atom. The quantitative estimate of drug-likeness (QED) is 0.472. The summed E-state index contributed by atoms with van der Waals surface area (Å²) in [6, 6.07) is 9.05. The zero-order chi connectivity index (χ0) is 16.2. The number of rotatable bonds is 5. The lowest BCUT2D eigenvalue weighted by molar-refractivity contribution is -0.131. The Bertz CT molecular complexity index is 545. The van der Waals surface area contributed by atoms with E-state index < -0.39 is 5.97 Å². The lowest BCUT2D eigenvalue weighted by atomic mass is 9.90. The fourth-order valence-corrected chi connectivity index (χ4v) is 2.48. The molecule has 0 aromatic heterocycles. The maximum atomic E-state index is 12.6. The van der Waals surface area contributed by atoms with Crippen molar-refractivity contribution in [1.82, 2.24) is 0 Å². The smallest absolute Gasteiger partial charge is 0.345 e. The van der Waals surface area contributed by atoms with Crippen molar-refractivity contribution in [2.75, 3.05) is 13.2 Å². The highest BCUT2D eigenvalue weighted by Crippen LogP contribution is 2.36. The zero-order valence-electron chi connectivity index (χ0n) is 13.7. The van der Waals surface area contributed by atoms with Gasteiger partial charge in [0.05, 0.1) is 12.7 Å². The SMILES string of the molecule is CCOC(C)/C(C(=O)Oc1ccccc1)=C1/CC(C)(C)CO1. The molecule has 1 heterocycles. The molecule has 0 amide bonds. The van der Waals surface area contributed by atoms with Gasteiger partial charge < -0.3 is 14.2 Å². The van der Waals surface area contributed by atoms with E-state index in [-0.39, 0.29) is 11.5 Å². The van der Waals surface area contributed by atoms with Crippen LogP contribution >= 0.6 is 0 Å². The van der Waals surface area contributed by atoms with Crippen LogP contribution in [0.1, 0.15) is 34.1 Å². The van der Waals surface area contributed by atoms with Crippen LogP contribution in [0, 0.1) is 5.41 Å². The van der Waals surface area contributed by atoms with Gasteiger partial charge in [0.15, 0.2) is 0 Å². The molecule has 1 atom stereocenters. The number of allylic oxidation sites excluding steroid dienone is 1. The van der Waals surface area contributed by atoms with Crippen molar-refractivity contribution in [3.63, 3.8) is 0 Å². The fourth-order valence-electron chi connectivity index (χ4n) is 2.48. The van der Waals surface area contributed by atoms with Crippen molar-refractivity contribution >= 4 is 5.97 Å². The topological polar surface area (TPSA) is 44.8 Å². The Morgan fingerprint density at radius 1 is 1.32 bits per heavy atom. The largest absolute Gasteiger partial charge is 0.497 e. The van der Waals surface area contributed by atoms with Crippen molar-refractivity contribution in [3.8, 4) is 5.75 Å². The number of ether oxygens (including phenoxy) is 3. The molecule has 1 saturated heterocycles. The number of carbonyl (C=O) groups excluding carboxylic acids is 1. The lowest BCUT2D eigenvalue weighted by Gasteiger charge is -2.17. The molecule has 1 aliphatic rings. The molecule has 2 rings (SSSR count). The molecule has 0 saturated carbocycles. The minimum atomic E-state index is -0.403.